The molecule has 4 nitrogen and oxygen atoms in total. The van der Waals surface area contributed by atoms with E-state index in [9.17, 15) is 9.90 Å². The van der Waals surface area contributed by atoms with Gasteiger partial charge in [0.2, 0.25) is 5.78 Å². The number of phenolic OH excluding ortho intramolecular Hbond substituents is 1. The first-order valence-electron chi connectivity index (χ1n) is 5.22. The van der Waals surface area contributed by atoms with E-state index in [-0.39, 0.29) is 17.5 Å². The summed E-state index contributed by atoms with van der Waals surface area (Å²) in [5.74, 6) is 0.0228. The van der Waals surface area contributed by atoms with Gasteiger partial charge in [-0.05, 0) is 42.5 Å². The van der Waals surface area contributed by atoms with E-state index in [4.69, 9.17) is 5.53 Å². The van der Waals surface area contributed by atoms with Gasteiger partial charge in [-0.2, -0.15) is 4.79 Å². The smallest absolute Gasteiger partial charge is 0.323 e. The van der Waals surface area contributed by atoms with E-state index in [1.807, 2.05) is 6.07 Å². The molecule has 2 rings (SSSR count). The predicted octanol–water partition coefficient (Wildman–Crippen LogP) is 1.37. The molecule has 0 bridgehead atoms. The van der Waals surface area contributed by atoms with E-state index in [1.54, 1.807) is 12.1 Å². The maximum atomic E-state index is 11.5. The number of nitrogens with zero attached hydrogens (tertiary/aromatic N) is 2. The van der Waals surface area contributed by atoms with Crippen LogP contribution in [0.3, 0.4) is 0 Å². The summed E-state index contributed by atoms with van der Waals surface area (Å²) in [4.78, 5) is 14.3. The molecular formula is C12H12N2O2. The Hall–Kier alpha value is -1.93. The Morgan fingerprint density at radius 3 is 3.06 bits per heavy atom. The summed E-state index contributed by atoms with van der Waals surface area (Å²) in [6, 6.07) is 5.22. The van der Waals surface area contributed by atoms with E-state index in [2.05, 4.69) is 4.79 Å². The van der Waals surface area contributed by atoms with Gasteiger partial charge >= 0.3 is 6.21 Å². The first-order valence-corrected chi connectivity index (χ1v) is 5.22. The zero-order chi connectivity index (χ0) is 11.5. The van der Waals surface area contributed by atoms with Crippen LogP contribution in [0.1, 0.15) is 17.5 Å². The fraction of sp³-hybridized carbons (Fsp3) is 0.333. The highest BCUT2D eigenvalue weighted by atomic mass is 16.3. The largest absolute Gasteiger partial charge is 0.508 e. The quantitative estimate of drug-likeness (QED) is 0.460. The highest BCUT2D eigenvalue weighted by Crippen LogP contribution is 2.28. The van der Waals surface area contributed by atoms with E-state index < -0.39 is 0 Å². The first kappa shape index (κ1) is 10.6. The van der Waals surface area contributed by atoms with Crippen molar-refractivity contribution in [1.82, 2.24) is 0 Å². The number of aromatic hydroxyl groups is 1. The van der Waals surface area contributed by atoms with E-state index in [0.717, 1.165) is 30.2 Å². The van der Waals surface area contributed by atoms with Crippen LogP contribution in [0.2, 0.25) is 0 Å². The number of phenols is 1. The van der Waals surface area contributed by atoms with Gasteiger partial charge in [0.1, 0.15) is 5.75 Å². The van der Waals surface area contributed by atoms with Gasteiger partial charge < -0.3 is 10.6 Å². The highest BCUT2D eigenvalue weighted by Gasteiger charge is 2.25. The van der Waals surface area contributed by atoms with Gasteiger partial charge in [-0.3, -0.25) is 4.79 Å². The second-order valence-corrected chi connectivity index (χ2v) is 4.04. The van der Waals surface area contributed by atoms with Gasteiger partial charge in [-0.1, -0.05) is 6.07 Å². The minimum atomic E-state index is -0.138. The minimum absolute atomic E-state index is 0.104. The van der Waals surface area contributed by atoms with Crippen LogP contribution >= 0.6 is 0 Å². The van der Waals surface area contributed by atoms with Crippen LogP contribution in [0.15, 0.2) is 18.2 Å². The zero-order valence-electron chi connectivity index (χ0n) is 8.76. The third kappa shape index (κ3) is 2.02. The minimum Gasteiger partial charge on any atom is -0.508 e. The average Bonchev–Trinajstić information content (AvgIpc) is 2.28. The first-order chi connectivity index (χ1) is 7.70. The fourth-order valence-corrected chi connectivity index (χ4v) is 2.15. The van der Waals surface area contributed by atoms with Crippen molar-refractivity contribution in [2.75, 3.05) is 0 Å². The summed E-state index contributed by atoms with van der Waals surface area (Å²) in [6.07, 6.45) is 3.14. The van der Waals surface area contributed by atoms with Gasteiger partial charge in [0, 0.05) is 5.92 Å². The molecular weight excluding hydrogens is 204 g/mol. The Kier molecular flexibility index (Phi) is 2.84. The molecule has 0 aliphatic heterocycles. The number of ketones is 1. The molecule has 0 radical (unpaired) electrons. The third-order valence-electron chi connectivity index (χ3n) is 3.01. The lowest BCUT2D eigenvalue weighted by molar-refractivity contribution is -0.119. The molecule has 0 amide bonds. The van der Waals surface area contributed by atoms with Crippen molar-refractivity contribution in [1.29, 1.82) is 0 Å². The second-order valence-electron chi connectivity index (χ2n) is 4.04. The Labute approximate surface area is 93.2 Å². The molecule has 0 heterocycles. The van der Waals surface area contributed by atoms with Crippen LogP contribution in [0.25, 0.3) is 5.53 Å². The molecule has 0 saturated carbocycles. The summed E-state index contributed by atoms with van der Waals surface area (Å²) < 4.78 is 0. The Bertz CT molecular complexity index is 476. The van der Waals surface area contributed by atoms with Crippen molar-refractivity contribution in [2.45, 2.75) is 19.3 Å². The third-order valence-corrected chi connectivity index (χ3v) is 3.01. The SMILES string of the molecule is [N-]=[N+]=CC(=O)[C@@H]1CCc2cc(O)ccc2C1. The van der Waals surface area contributed by atoms with Crippen LogP contribution in [0.5, 0.6) is 5.75 Å². The summed E-state index contributed by atoms with van der Waals surface area (Å²) in [5.41, 5.74) is 10.5. The fourth-order valence-electron chi connectivity index (χ4n) is 2.15. The maximum Gasteiger partial charge on any atom is 0.323 e. The van der Waals surface area contributed by atoms with Gasteiger partial charge in [0.15, 0.2) is 0 Å². The van der Waals surface area contributed by atoms with E-state index in [1.165, 1.54) is 0 Å². The number of hydrogen-bond donors (Lipinski definition) is 1. The molecule has 0 saturated heterocycles. The number of Topliss-reactive ketones (excluding diaryl/α,β-unsaturated/α-hetero) is 1. The van der Waals surface area contributed by atoms with Crippen LogP contribution < -0.4 is 0 Å². The van der Waals surface area contributed by atoms with Crippen molar-refractivity contribution in [3.05, 3.63) is 34.9 Å². The van der Waals surface area contributed by atoms with Crippen molar-refractivity contribution in [3.63, 3.8) is 0 Å². The Morgan fingerprint density at radius 2 is 2.31 bits per heavy atom. The summed E-state index contributed by atoms with van der Waals surface area (Å²) in [6.45, 7) is 0. The van der Waals surface area contributed by atoms with E-state index in [0.29, 0.717) is 6.42 Å². The topological polar surface area (TPSA) is 73.7 Å². The van der Waals surface area contributed by atoms with Crippen molar-refractivity contribution in [3.8, 4) is 5.75 Å². The van der Waals surface area contributed by atoms with Gasteiger partial charge in [0.25, 0.3) is 0 Å². The second kappa shape index (κ2) is 4.29. The molecule has 0 spiro atoms. The molecule has 1 aromatic rings. The Morgan fingerprint density at radius 1 is 1.50 bits per heavy atom. The molecule has 0 aromatic heterocycles. The number of hydrogen-bond acceptors (Lipinski definition) is 2. The molecule has 82 valence electrons. The van der Waals surface area contributed by atoms with Gasteiger partial charge in [-0.25, -0.2) is 0 Å². The van der Waals surface area contributed by atoms with Crippen LogP contribution in [0, 0.1) is 5.92 Å². The van der Waals surface area contributed by atoms with Crippen LogP contribution in [-0.2, 0) is 17.6 Å². The van der Waals surface area contributed by atoms with Gasteiger partial charge in [-0.15, -0.1) is 0 Å². The van der Waals surface area contributed by atoms with Crippen molar-refractivity contribution in [2.24, 2.45) is 5.92 Å². The number of rotatable bonds is 2. The van der Waals surface area contributed by atoms with Gasteiger partial charge in [0.05, 0.1) is 0 Å². The van der Waals surface area contributed by atoms with E-state index >= 15 is 0 Å². The molecule has 1 N–H and O–H groups in total. The molecule has 0 unspecified atom stereocenters. The number of fused-ring (bicyclic) bond motifs is 1. The standard InChI is InChI=1S/C12H12N2O2/c13-14-7-12(16)10-2-1-9-6-11(15)4-3-8(9)5-10/h3-4,6-7,10,15H,1-2,5H2/t10-/m1/s1. The molecule has 1 atom stereocenters. The number of carbonyl (C=O) groups is 1. The summed E-state index contributed by atoms with van der Waals surface area (Å²) >= 11 is 0. The molecule has 1 aromatic carbocycles. The summed E-state index contributed by atoms with van der Waals surface area (Å²) in [7, 11) is 0. The predicted molar refractivity (Wildman–Crippen MR) is 58.3 cm³/mol. The lowest BCUT2D eigenvalue weighted by Gasteiger charge is -2.21. The van der Waals surface area contributed by atoms with Crippen molar-refractivity contribution < 1.29 is 14.7 Å². The molecule has 1 aliphatic rings. The Balaban J connectivity index is 2.21. The number of carbonyl (C=O) groups excluding carboxylic acids is 1. The summed E-state index contributed by atoms with van der Waals surface area (Å²) in [5, 5.41) is 9.33. The van der Waals surface area contributed by atoms with Crippen LogP contribution in [0.4, 0.5) is 0 Å². The zero-order valence-corrected chi connectivity index (χ0v) is 8.76. The molecule has 4 heteroatoms. The number of aryl methyl sites for hydroxylation is 1. The maximum absolute atomic E-state index is 11.5. The molecule has 1 aliphatic carbocycles. The van der Waals surface area contributed by atoms with Crippen molar-refractivity contribution >= 4 is 12.0 Å². The van der Waals surface area contributed by atoms with Crippen LogP contribution in [-0.4, -0.2) is 21.9 Å². The molecule has 0 fully saturated rings. The monoisotopic (exact) mass is 216 g/mol. The lowest BCUT2D eigenvalue weighted by Crippen LogP contribution is -2.23. The molecule has 16 heavy (non-hydrogen) atoms. The average molecular weight is 216 g/mol. The normalized spacial score (nSPS) is 18.4. The lowest BCUT2D eigenvalue weighted by atomic mass is 9.82. The number of benzene rings is 1. The highest BCUT2D eigenvalue weighted by molar-refractivity contribution is 6.26.